The second-order valence-electron chi connectivity index (χ2n) is 4.74. The Morgan fingerprint density at radius 3 is 2.45 bits per heavy atom. The van der Waals surface area contributed by atoms with Gasteiger partial charge in [0.2, 0.25) is 0 Å². The molecule has 0 heterocycles. The molecule has 0 fully saturated rings. The number of halogens is 1. The minimum Gasteiger partial charge on any atom is -0.497 e. The maximum atomic E-state index is 5.66. The van der Waals surface area contributed by atoms with Crippen LogP contribution in [0.4, 0.5) is 0 Å². The van der Waals surface area contributed by atoms with Crippen molar-refractivity contribution in [2.24, 2.45) is 0 Å². The molecule has 0 amide bonds. The number of allylic oxidation sites excluding steroid dienone is 3. The van der Waals surface area contributed by atoms with E-state index in [4.69, 9.17) is 9.47 Å². The van der Waals surface area contributed by atoms with Crippen molar-refractivity contribution >= 4 is 22.6 Å². The molecule has 1 aromatic rings. The lowest BCUT2D eigenvalue weighted by atomic mass is 10.1. The minimum atomic E-state index is 0.639. The molecule has 0 radical (unpaired) electrons. The molecule has 3 heteroatoms. The van der Waals surface area contributed by atoms with E-state index in [1.807, 2.05) is 24.3 Å². The van der Waals surface area contributed by atoms with E-state index in [2.05, 4.69) is 48.6 Å². The molecule has 0 aliphatic heterocycles. The van der Waals surface area contributed by atoms with Crippen molar-refractivity contribution in [2.45, 2.75) is 33.3 Å². The van der Waals surface area contributed by atoms with Gasteiger partial charge in [-0.3, -0.25) is 0 Å². The molecule has 0 saturated carbocycles. The summed E-state index contributed by atoms with van der Waals surface area (Å²) in [5.74, 6) is 0.878. The summed E-state index contributed by atoms with van der Waals surface area (Å²) < 4.78 is 12.1. The van der Waals surface area contributed by atoms with E-state index in [0.29, 0.717) is 13.2 Å². The number of hydrogen-bond donors (Lipinski definition) is 0. The average molecular weight is 386 g/mol. The molecule has 0 aliphatic rings. The maximum Gasteiger partial charge on any atom is 0.118 e. The van der Waals surface area contributed by atoms with E-state index < -0.39 is 0 Å². The summed E-state index contributed by atoms with van der Waals surface area (Å²) in [6.07, 6.45) is 6.64. The maximum absolute atomic E-state index is 5.66. The summed E-state index contributed by atoms with van der Waals surface area (Å²) in [6, 6.07) is 7.98. The largest absolute Gasteiger partial charge is 0.497 e. The van der Waals surface area contributed by atoms with Crippen LogP contribution in [-0.2, 0) is 11.3 Å². The normalized spacial score (nSPS) is 12.6. The molecule has 0 unspecified atom stereocenters. The van der Waals surface area contributed by atoms with Gasteiger partial charge in [0.15, 0.2) is 0 Å². The van der Waals surface area contributed by atoms with Crippen LogP contribution < -0.4 is 4.74 Å². The highest BCUT2D eigenvalue weighted by Gasteiger charge is 1.95. The second kappa shape index (κ2) is 10.00. The summed E-state index contributed by atoms with van der Waals surface area (Å²) in [5, 5.41) is 0. The summed E-state index contributed by atoms with van der Waals surface area (Å²) in [5.41, 5.74) is 2.55. The van der Waals surface area contributed by atoms with E-state index in [1.54, 1.807) is 7.11 Å². The Hall–Kier alpha value is -0.810. The van der Waals surface area contributed by atoms with Crippen LogP contribution in [0.2, 0.25) is 0 Å². The number of rotatable bonds is 8. The first-order valence-corrected chi connectivity index (χ1v) is 7.88. The summed E-state index contributed by atoms with van der Waals surface area (Å²) in [4.78, 5) is 0. The van der Waals surface area contributed by atoms with Crippen molar-refractivity contribution in [1.82, 2.24) is 0 Å². The Morgan fingerprint density at radius 1 is 1.15 bits per heavy atom. The minimum absolute atomic E-state index is 0.639. The number of benzene rings is 1. The zero-order valence-electron chi connectivity index (χ0n) is 12.5. The number of ether oxygens (including phenoxy) is 2. The van der Waals surface area contributed by atoms with Crippen LogP contribution in [0.5, 0.6) is 5.75 Å². The van der Waals surface area contributed by atoms with Gasteiger partial charge in [0, 0.05) is 0 Å². The highest BCUT2D eigenvalue weighted by molar-refractivity contribution is 14.1. The molecule has 1 rings (SSSR count). The van der Waals surface area contributed by atoms with Crippen LogP contribution in [0.25, 0.3) is 0 Å². The van der Waals surface area contributed by atoms with Gasteiger partial charge in [0.1, 0.15) is 5.75 Å². The first-order valence-electron chi connectivity index (χ1n) is 6.80. The highest BCUT2D eigenvalue weighted by Crippen LogP contribution is 2.12. The van der Waals surface area contributed by atoms with Crippen molar-refractivity contribution in [2.75, 3.05) is 13.7 Å². The van der Waals surface area contributed by atoms with Gasteiger partial charge >= 0.3 is 0 Å². The number of methoxy groups -OCH3 is 1. The second-order valence-corrected chi connectivity index (χ2v) is 6.44. The Morgan fingerprint density at radius 2 is 1.85 bits per heavy atom. The fourth-order valence-corrected chi connectivity index (χ4v) is 2.01. The smallest absolute Gasteiger partial charge is 0.118 e. The Balaban J connectivity index is 2.24. The van der Waals surface area contributed by atoms with Gasteiger partial charge in [-0.15, -0.1) is 0 Å². The van der Waals surface area contributed by atoms with E-state index in [9.17, 15) is 0 Å². The fourth-order valence-electron chi connectivity index (χ4n) is 1.70. The van der Waals surface area contributed by atoms with Gasteiger partial charge in [-0.2, -0.15) is 0 Å². The standard InChI is InChI=1S/C17H23IO2/c1-14(5-4-6-15(2)18)11-12-20-13-16-7-9-17(19-3)10-8-16/h6-11H,4-5,12-13H2,1-3H3/b14-11-,15-6+. The van der Waals surface area contributed by atoms with Crippen LogP contribution in [0.1, 0.15) is 32.3 Å². The van der Waals surface area contributed by atoms with Gasteiger partial charge < -0.3 is 9.47 Å². The fraction of sp³-hybridized carbons (Fsp3) is 0.412. The zero-order valence-corrected chi connectivity index (χ0v) is 14.6. The molecular formula is C17H23IO2. The van der Waals surface area contributed by atoms with E-state index >= 15 is 0 Å². The summed E-state index contributed by atoms with van der Waals surface area (Å²) >= 11 is 2.34. The van der Waals surface area contributed by atoms with Crippen molar-refractivity contribution in [1.29, 1.82) is 0 Å². The van der Waals surface area contributed by atoms with Crippen molar-refractivity contribution in [3.63, 3.8) is 0 Å². The third-order valence-corrected chi connectivity index (χ3v) is 3.38. The van der Waals surface area contributed by atoms with Crippen molar-refractivity contribution in [3.8, 4) is 5.75 Å². The monoisotopic (exact) mass is 386 g/mol. The lowest BCUT2D eigenvalue weighted by Crippen LogP contribution is -1.94. The van der Waals surface area contributed by atoms with Gasteiger partial charge in [-0.25, -0.2) is 0 Å². The molecule has 0 aliphatic carbocycles. The number of hydrogen-bond acceptors (Lipinski definition) is 2. The molecule has 110 valence electrons. The quantitative estimate of drug-likeness (QED) is 0.344. The van der Waals surface area contributed by atoms with Gasteiger partial charge in [-0.1, -0.05) is 29.9 Å². The molecule has 0 atom stereocenters. The van der Waals surface area contributed by atoms with Crippen LogP contribution in [-0.4, -0.2) is 13.7 Å². The van der Waals surface area contributed by atoms with E-state index in [0.717, 1.165) is 18.6 Å². The average Bonchev–Trinajstić information content (AvgIpc) is 2.44. The molecule has 2 nitrogen and oxygen atoms in total. The highest BCUT2D eigenvalue weighted by atomic mass is 127. The van der Waals surface area contributed by atoms with Crippen LogP contribution in [0, 0.1) is 0 Å². The third kappa shape index (κ3) is 7.70. The first-order chi connectivity index (χ1) is 9.61. The molecule has 1 aromatic carbocycles. The van der Waals surface area contributed by atoms with Crippen LogP contribution >= 0.6 is 22.6 Å². The predicted molar refractivity (Wildman–Crippen MR) is 93.4 cm³/mol. The Labute approximate surface area is 136 Å². The predicted octanol–water partition coefficient (Wildman–Crippen LogP) is 5.28. The molecular weight excluding hydrogens is 363 g/mol. The Kier molecular flexibility index (Phi) is 8.62. The van der Waals surface area contributed by atoms with Gasteiger partial charge in [0.25, 0.3) is 0 Å². The summed E-state index contributed by atoms with van der Waals surface area (Å²) in [7, 11) is 1.67. The van der Waals surface area contributed by atoms with Gasteiger partial charge in [0.05, 0.1) is 20.3 Å². The topological polar surface area (TPSA) is 18.5 Å². The Bertz CT molecular complexity index is 443. The SMILES string of the molecule is COc1ccc(COC/C=C(/C)CC/C=C(\C)I)cc1. The zero-order chi connectivity index (χ0) is 14.8. The lowest BCUT2D eigenvalue weighted by molar-refractivity contribution is 0.148. The van der Waals surface area contributed by atoms with Gasteiger partial charge in [-0.05, 0) is 70.6 Å². The van der Waals surface area contributed by atoms with E-state index in [1.165, 1.54) is 14.7 Å². The third-order valence-electron chi connectivity index (χ3n) is 2.94. The molecule has 0 bridgehead atoms. The van der Waals surface area contributed by atoms with Crippen LogP contribution in [0.15, 0.2) is 45.6 Å². The van der Waals surface area contributed by atoms with Crippen LogP contribution in [0.3, 0.4) is 0 Å². The first kappa shape index (κ1) is 17.2. The van der Waals surface area contributed by atoms with E-state index in [-0.39, 0.29) is 0 Å². The van der Waals surface area contributed by atoms with Crippen molar-refractivity contribution < 1.29 is 9.47 Å². The van der Waals surface area contributed by atoms with Crippen molar-refractivity contribution in [3.05, 3.63) is 51.1 Å². The summed E-state index contributed by atoms with van der Waals surface area (Å²) in [6.45, 7) is 5.59. The molecule has 0 saturated heterocycles. The molecule has 20 heavy (non-hydrogen) atoms. The molecule has 0 aromatic heterocycles. The molecule has 0 spiro atoms. The lowest BCUT2D eigenvalue weighted by Gasteiger charge is -2.04. The molecule has 0 N–H and O–H groups in total.